The Balaban J connectivity index is 1.46. The van der Waals surface area contributed by atoms with Crippen molar-refractivity contribution >= 4 is 58.1 Å². The molecule has 0 aromatic heterocycles. The van der Waals surface area contributed by atoms with Gasteiger partial charge in [0.05, 0.1) is 12.0 Å². The summed E-state index contributed by atoms with van der Waals surface area (Å²) in [6.07, 6.45) is 5.41. The van der Waals surface area contributed by atoms with E-state index in [1.807, 2.05) is 24.3 Å². The van der Waals surface area contributed by atoms with Crippen molar-refractivity contribution in [3.05, 3.63) is 58.5 Å². The number of benzene rings is 2. The zero-order valence-corrected chi connectivity index (χ0v) is 19.2. The van der Waals surface area contributed by atoms with Crippen molar-refractivity contribution in [2.45, 2.75) is 31.2 Å². The van der Waals surface area contributed by atoms with Gasteiger partial charge in [-0.1, -0.05) is 36.5 Å². The molecule has 164 valence electrons. The predicted octanol–water partition coefficient (Wildman–Crippen LogP) is 4.81. The van der Waals surface area contributed by atoms with Crippen LogP contribution < -0.4 is 9.64 Å². The molecule has 8 heteroatoms. The number of nitrogens with zero attached hydrogens (tertiary/aromatic N) is 2. The predicted molar refractivity (Wildman–Crippen MR) is 129 cm³/mol. The number of ether oxygens (including phenoxy) is 2. The fraction of sp³-hybridized carbons (Fsp3) is 0.292. The maximum atomic E-state index is 12.7. The number of hydrogen-bond acceptors (Lipinski definition) is 7. The Morgan fingerprint density at radius 2 is 2.00 bits per heavy atom. The van der Waals surface area contributed by atoms with E-state index in [2.05, 4.69) is 29.2 Å². The molecule has 2 aromatic rings. The largest absolute Gasteiger partial charge is 0.497 e. The molecule has 1 aliphatic carbocycles. The van der Waals surface area contributed by atoms with Crippen molar-refractivity contribution in [3.8, 4) is 5.75 Å². The van der Waals surface area contributed by atoms with E-state index in [0.29, 0.717) is 27.7 Å². The monoisotopic (exact) mass is 466 g/mol. The van der Waals surface area contributed by atoms with Gasteiger partial charge >= 0.3 is 0 Å². The van der Waals surface area contributed by atoms with Crippen LogP contribution in [-0.2, 0) is 14.3 Å². The molecule has 1 saturated heterocycles. The highest BCUT2D eigenvalue weighted by atomic mass is 32.2. The van der Waals surface area contributed by atoms with Gasteiger partial charge in [-0.3, -0.25) is 14.5 Å². The molecule has 1 amide bonds. The Kier molecular flexibility index (Phi) is 5.65. The zero-order valence-electron chi connectivity index (χ0n) is 17.5. The normalized spacial score (nSPS) is 23.0. The first-order valence-electron chi connectivity index (χ1n) is 10.5. The van der Waals surface area contributed by atoms with Crippen LogP contribution in [0, 0.1) is 0 Å². The molecule has 5 rings (SSSR count). The fourth-order valence-corrected chi connectivity index (χ4v) is 6.14. The first kappa shape index (κ1) is 21.0. The number of carbonyl (C=O) groups excluding carboxylic acids is 2. The second kappa shape index (κ2) is 8.60. The number of carbonyl (C=O) groups is 2. The van der Waals surface area contributed by atoms with Gasteiger partial charge in [-0.15, -0.1) is 0 Å². The van der Waals surface area contributed by atoms with Gasteiger partial charge < -0.3 is 14.4 Å². The van der Waals surface area contributed by atoms with Gasteiger partial charge in [-0.05, 0) is 66.4 Å². The minimum absolute atomic E-state index is 0.156. The Labute approximate surface area is 196 Å². The summed E-state index contributed by atoms with van der Waals surface area (Å²) in [7, 11) is 1.68. The molecule has 2 aliphatic heterocycles. The molecule has 3 aliphatic rings. The van der Waals surface area contributed by atoms with E-state index in [1.165, 1.54) is 46.4 Å². The minimum atomic E-state index is -0.235. The molecular weight excluding hydrogens is 444 g/mol. The van der Waals surface area contributed by atoms with Gasteiger partial charge in [0, 0.05) is 23.3 Å². The Hall–Kier alpha value is -2.84. The molecule has 2 fully saturated rings. The molecule has 0 radical (unpaired) electrons. The number of anilines is 2. The summed E-state index contributed by atoms with van der Waals surface area (Å²) in [4.78, 5) is 27.4. The number of fused-ring (bicyclic) bond motifs is 3. The molecule has 1 saturated carbocycles. The zero-order chi connectivity index (χ0) is 22.2. The van der Waals surface area contributed by atoms with E-state index >= 15 is 0 Å². The second-order valence-corrected chi connectivity index (χ2v) is 9.67. The third-order valence-corrected chi connectivity index (χ3v) is 7.69. The van der Waals surface area contributed by atoms with Crippen molar-refractivity contribution < 1.29 is 19.1 Å². The smallest absolute Gasteiger partial charge is 0.294 e. The van der Waals surface area contributed by atoms with Crippen LogP contribution in [0.2, 0.25) is 0 Å². The summed E-state index contributed by atoms with van der Waals surface area (Å²) in [5.41, 5.74) is 4.71. The minimum Gasteiger partial charge on any atom is -0.497 e. The molecule has 2 atom stereocenters. The standard InChI is InChI=1S/C24H22N2O4S2/c1-29-17-8-6-16(7-9-17)26-20-4-2-3-18(20)19-11-15(5-10-21(19)26)12-22-23(28)25(13-30-14-27)24(31)32-22/h5-12,14,18,20H,2-4,13H2,1H3/t18-,20-/m0/s1. The summed E-state index contributed by atoms with van der Waals surface area (Å²) in [5, 5.41) is 0. The molecule has 32 heavy (non-hydrogen) atoms. The number of thioether (sulfide) groups is 1. The Morgan fingerprint density at radius 1 is 1.19 bits per heavy atom. The van der Waals surface area contributed by atoms with Gasteiger partial charge in [0.2, 0.25) is 0 Å². The van der Waals surface area contributed by atoms with Crippen molar-refractivity contribution in [2.75, 3.05) is 18.7 Å². The first-order valence-corrected chi connectivity index (χ1v) is 11.7. The van der Waals surface area contributed by atoms with Crippen molar-refractivity contribution in [2.24, 2.45) is 0 Å². The summed E-state index contributed by atoms with van der Waals surface area (Å²) in [5.74, 6) is 1.10. The number of amides is 1. The van der Waals surface area contributed by atoms with E-state index in [-0.39, 0.29) is 12.6 Å². The topological polar surface area (TPSA) is 59.1 Å². The molecule has 0 spiro atoms. The summed E-state index contributed by atoms with van der Waals surface area (Å²) in [6, 6.07) is 15.1. The van der Waals surface area contributed by atoms with Crippen molar-refractivity contribution in [1.82, 2.24) is 4.90 Å². The molecular formula is C24H22N2O4S2. The van der Waals surface area contributed by atoms with Crippen molar-refractivity contribution in [1.29, 1.82) is 0 Å². The Bertz CT molecular complexity index is 1120. The first-order chi connectivity index (χ1) is 15.6. The van der Waals surface area contributed by atoms with E-state index in [1.54, 1.807) is 7.11 Å². The number of methoxy groups -OCH3 is 1. The SMILES string of the molecule is COc1ccc(N2c3ccc(C=C4SC(=S)N(COC=O)C4=O)cc3[C@@H]3CCC[C@@H]32)cc1. The van der Waals surface area contributed by atoms with Crippen LogP contribution in [0.5, 0.6) is 5.75 Å². The summed E-state index contributed by atoms with van der Waals surface area (Å²) in [6.45, 7) is 0.158. The molecule has 0 N–H and O–H groups in total. The maximum absolute atomic E-state index is 12.7. The average molecular weight is 467 g/mol. The molecule has 0 unspecified atom stereocenters. The second-order valence-electron chi connectivity index (χ2n) is 7.99. The van der Waals surface area contributed by atoms with Gasteiger partial charge in [-0.2, -0.15) is 0 Å². The lowest BCUT2D eigenvalue weighted by Crippen LogP contribution is -2.30. The van der Waals surface area contributed by atoms with Crippen LogP contribution in [0.4, 0.5) is 11.4 Å². The van der Waals surface area contributed by atoms with Gasteiger partial charge in [-0.25, -0.2) is 0 Å². The molecule has 2 heterocycles. The van der Waals surface area contributed by atoms with Crippen LogP contribution in [-0.4, -0.2) is 41.5 Å². The lowest BCUT2D eigenvalue weighted by atomic mass is 9.96. The number of rotatable bonds is 6. The highest BCUT2D eigenvalue weighted by molar-refractivity contribution is 8.26. The third kappa shape index (κ3) is 3.57. The number of thiocarbonyl (C=S) groups is 1. The number of hydrogen-bond donors (Lipinski definition) is 0. The average Bonchev–Trinajstić information content (AvgIpc) is 3.46. The van der Waals surface area contributed by atoms with Crippen LogP contribution in [0.25, 0.3) is 6.08 Å². The maximum Gasteiger partial charge on any atom is 0.294 e. The Morgan fingerprint density at radius 3 is 2.75 bits per heavy atom. The van der Waals surface area contributed by atoms with E-state index < -0.39 is 0 Å². The van der Waals surface area contributed by atoms with Crippen LogP contribution in [0.15, 0.2) is 47.4 Å². The van der Waals surface area contributed by atoms with Gasteiger partial charge in [0.1, 0.15) is 5.75 Å². The third-order valence-electron chi connectivity index (χ3n) is 6.32. The quantitative estimate of drug-likeness (QED) is 0.344. The summed E-state index contributed by atoms with van der Waals surface area (Å²) >= 11 is 6.50. The highest BCUT2D eigenvalue weighted by Gasteiger charge is 2.42. The van der Waals surface area contributed by atoms with Gasteiger partial charge in [0.25, 0.3) is 12.4 Å². The highest BCUT2D eigenvalue weighted by Crippen LogP contribution is 2.52. The molecule has 0 bridgehead atoms. The lowest BCUT2D eigenvalue weighted by molar-refractivity contribution is -0.135. The van der Waals surface area contributed by atoms with Crippen LogP contribution in [0.1, 0.15) is 36.3 Å². The lowest BCUT2D eigenvalue weighted by Gasteiger charge is -2.27. The summed E-state index contributed by atoms with van der Waals surface area (Å²) < 4.78 is 10.4. The van der Waals surface area contributed by atoms with E-state index in [4.69, 9.17) is 21.7 Å². The molecule has 6 nitrogen and oxygen atoms in total. The van der Waals surface area contributed by atoms with Gasteiger partial charge in [0.15, 0.2) is 11.1 Å². The van der Waals surface area contributed by atoms with Crippen LogP contribution >= 0.6 is 24.0 Å². The van der Waals surface area contributed by atoms with E-state index in [9.17, 15) is 9.59 Å². The fourth-order valence-electron chi connectivity index (χ4n) is 4.91. The van der Waals surface area contributed by atoms with Crippen molar-refractivity contribution in [3.63, 3.8) is 0 Å². The molecule has 2 aromatic carbocycles. The van der Waals surface area contributed by atoms with Crippen LogP contribution in [0.3, 0.4) is 0 Å². The van der Waals surface area contributed by atoms with E-state index in [0.717, 1.165) is 17.7 Å².